The maximum atomic E-state index is 14.4. The number of amides is 6. The fraction of sp³-hybridized carbons (Fsp3) is 0.641. The molecule has 0 bridgehead atoms. The highest BCUT2D eigenvalue weighted by Crippen LogP contribution is 2.83. The van der Waals surface area contributed by atoms with Crippen LogP contribution in [-0.4, -0.2) is 88.5 Å². The highest BCUT2D eigenvalue weighted by atomic mass is 16.6. The van der Waals surface area contributed by atoms with Crippen LogP contribution in [0.4, 0.5) is 9.59 Å². The van der Waals surface area contributed by atoms with Gasteiger partial charge in [0.05, 0.1) is 18.0 Å². The summed E-state index contributed by atoms with van der Waals surface area (Å²) < 4.78 is 11.7. The van der Waals surface area contributed by atoms with E-state index in [1.807, 2.05) is 24.3 Å². The molecule has 0 spiro atoms. The second-order valence-corrected chi connectivity index (χ2v) is 16.0. The van der Waals surface area contributed by atoms with Crippen molar-refractivity contribution in [1.29, 1.82) is 0 Å². The number of fused-ring (bicyclic) bond motifs is 2. The Morgan fingerprint density at radius 2 is 1.63 bits per heavy atom. The topological polar surface area (TPSA) is 163 Å². The zero-order valence-corrected chi connectivity index (χ0v) is 29.6. The van der Waals surface area contributed by atoms with Crippen LogP contribution in [0.25, 0.3) is 0 Å². The van der Waals surface area contributed by atoms with Gasteiger partial charge >= 0.3 is 12.2 Å². The average Bonchev–Trinajstić information content (AvgIpc) is 4.05. The van der Waals surface area contributed by atoms with Crippen molar-refractivity contribution in [2.24, 2.45) is 17.3 Å². The Morgan fingerprint density at radius 3 is 2.42 bits per heavy atom. The molecule has 52 heavy (non-hydrogen) atoms. The van der Waals surface area contributed by atoms with Gasteiger partial charge in [0.15, 0.2) is 0 Å². The summed E-state index contributed by atoms with van der Waals surface area (Å²) in [6.07, 6.45) is 11.9. The molecule has 3 N–H and O–H groups in total. The minimum Gasteiger partial charge on any atom is -0.446 e. The second kappa shape index (κ2) is 13.9. The van der Waals surface area contributed by atoms with Crippen molar-refractivity contribution in [1.82, 2.24) is 25.8 Å². The summed E-state index contributed by atoms with van der Waals surface area (Å²) in [6.45, 7) is 0.893. The third-order valence-corrected chi connectivity index (χ3v) is 12.5. The van der Waals surface area contributed by atoms with E-state index >= 15 is 0 Å². The molecule has 3 aliphatic heterocycles. The van der Waals surface area contributed by atoms with E-state index in [1.165, 1.54) is 10.5 Å². The molecule has 3 heterocycles. The van der Waals surface area contributed by atoms with E-state index in [2.05, 4.69) is 28.1 Å². The van der Waals surface area contributed by atoms with Crippen molar-refractivity contribution < 1.29 is 38.2 Å². The summed E-state index contributed by atoms with van der Waals surface area (Å²) in [5.74, 6) is -2.23. The minimum absolute atomic E-state index is 0.0131. The lowest BCUT2D eigenvalue weighted by molar-refractivity contribution is -0.140. The molecular weight excluding hydrogens is 666 g/mol. The molecule has 0 unspecified atom stereocenters. The predicted octanol–water partition coefficient (Wildman–Crippen LogP) is 3.64. The number of carbonyl (C=O) groups is 6. The van der Waals surface area contributed by atoms with Crippen molar-refractivity contribution >= 4 is 35.8 Å². The van der Waals surface area contributed by atoms with E-state index in [-0.39, 0.29) is 36.8 Å². The SMILES string of the molecule is O=C(N[C@H]1CCCCC/C=C\[C@]23C[C@]2(NC(=O)[C@@H]2C[C@@H](OC(=O)N4CCc5ccccc5C4)CN2C1=O)[C@@H]3C(=O)NC(=O)C1CC1)OC1CCCC1. The lowest BCUT2D eigenvalue weighted by atomic mass is 10.0. The lowest BCUT2D eigenvalue weighted by Gasteiger charge is -2.30. The highest BCUT2D eigenvalue weighted by Gasteiger charge is 2.93. The van der Waals surface area contributed by atoms with Crippen LogP contribution < -0.4 is 16.0 Å². The molecule has 1 aromatic carbocycles. The Balaban J connectivity index is 1.01. The van der Waals surface area contributed by atoms with Gasteiger partial charge in [-0.25, -0.2) is 9.59 Å². The molecule has 1 aromatic rings. The molecule has 13 nitrogen and oxygen atoms in total. The first-order valence-electron chi connectivity index (χ1n) is 19.3. The quantitative estimate of drug-likeness (QED) is 0.308. The van der Waals surface area contributed by atoms with Crippen LogP contribution in [0, 0.1) is 17.3 Å². The minimum atomic E-state index is -0.998. The first-order valence-corrected chi connectivity index (χ1v) is 19.3. The molecule has 6 atom stereocenters. The maximum Gasteiger partial charge on any atom is 0.410 e. The molecular formula is C39H49N5O8. The zero-order chi connectivity index (χ0) is 36.0. The Morgan fingerprint density at radius 1 is 0.865 bits per heavy atom. The van der Waals surface area contributed by atoms with Crippen molar-refractivity contribution in [3.05, 3.63) is 47.5 Å². The van der Waals surface area contributed by atoms with Crippen LogP contribution in [0.3, 0.4) is 0 Å². The molecule has 7 aliphatic rings. The fourth-order valence-corrected chi connectivity index (χ4v) is 9.17. The van der Waals surface area contributed by atoms with Crippen molar-refractivity contribution in [2.75, 3.05) is 13.1 Å². The van der Waals surface area contributed by atoms with Crippen LogP contribution in [0.1, 0.15) is 94.6 Å². The average molecular weight is 716 g/mol. The maximum absolute atomic E-state index is 14.4. The van der Waals surface area contributed by atoms with Gasteiger partial charge in [-0.1, -0.05) is 49.3 Å². The molecule has 4 saturated carbocycles. The highest BCUT2D eigenvalue weighted by molar-refractivity contribution is 6.04. The Kier molecular flexibility index (Phi) is 9.23. The van der Waals surface area contributed by atoms with Crippen LogP contribution in [-0.2, 0) is 41.6 Å². The van der Waals surface area contributed by atoms with Crippen LogP contribution in [0.5, 0.6) is 0 Å². The number of hydrogen-bond acceptors (Lipinski definition) is 8. The van der Waals surface area contributed by atoms with E-state index in [9.17, 15) is 28.8 Å². The van der Waals surface area contributed by atoms with Crippen LogP contribution >= 0.6 is 0 Å². The van der Waals surface area contributed by atoms with E-state index in [0.717, 1.165) is 63.4 Å². The van der Waals surface area contributed by atoms with Crippen LogP contribution in [0.15, 0.2) is 36.4 Å². The van der Waals surface area contributed by atoms with Gasteiger partial charge in [-0.3, -0.25) is 24.5 Å². The number of imide groups is 1. The Labute approximate surface area is 303 Å². The van der Waals surface area contributed by atoms with Gasteiger partial charge in [-0.2, -0.15) is 0 Å². The first kappa shape index (κ1) is 34.7. The number of carbonyl (C=O) groups excluding carboxylic acids is 6. The smallest absolute Gasteiger partial charge is 0.410 e. The largest absolute Gasteiger partial charge is 0.446 e. The number of allylic oxidation sites excluding steroid dienone is 1. The number of ether oxygens (including phenoxy) is 2. The van der Waals surface area contributed by atoms with Crippen LogP contribution in [0.2, 0.25) is 0 Å². The summed E-state index contributed by atoms with van der Waals surface area (Å²) in [5.41, 5.74) is 0.831. The molecule has 6 amide bonds. The summed E-state index contributed by atoms with van der Waals surface area (Å²) >= 11 is 0. The number of benzene rings is 1. The third-order valence-electron chi connectivity index (χ3n) is 12.5. The van der Waals surface area contributed by atoms with Gasteiger partial charge in [0.25, 0.3) is 0 Å². The standard InChI is InChI=1S/C39H49N5O8/c45-32(25-15-16-25)41-34(47)31-38-18-9-3-1-2-4-14-29(40-36(49)51-27-12-7-8-13-27)35(48)44-22-28(20-30(44)33(46)42-39(31,38)23-38)52-37(50)43-19-17-24-10-5-6-11-26(24)21-43/h5-6,9-11,18,25,27-31H,1-4,7-8,12-17,19-23H2,(H,40,49)(H,42,46)(H,41,45,47)/b18-9-/t28-,29+,30+,31-,38-,39+/m1/s1. The van der Waals surface area contributed by atoms with Crippen molar-refractivity contribution in [3.8, 4) is 0 Å². The van der Waals surface area contributed by atoms with Gasteiger partial charge in [0, 0.05) is 30.8 Å². The number of hydrogen-bond donors (Lipinski definition) is 3. The predicted molar refractivity (Wildman–Crippen MR) is 186 cm³/mol. The van der Waals surface area contributed by atoms with Crippen molar-refractivity contribution in [2.45, 2.75) is 126 Å². The second-order valence-electron chi connectivity index (χ2n) is 16.0. The zero-order valence-electron chi connectivity index (χ0n) is 29.6. The third kappa shape index (κ3) is 6.67. The molecule has 4 aliphatic carbocycles. The van der Waals surface area contributed by atoms with Crippen molar-refractivity contribution in [3.63, 3.8) is 0 Å². The molecule has 278 valence electrons. The summed E-state index contributed by atoms with van der Waals surface area (Å²) in [4.78, 5) is 84.2. The molecule has 0 aromatic heterocycles. The Hall–Kier alpha value is -4.42. The summed E-state index contributed by atoms with van der Waals surface area (Å²) in [7, 11) is 0. The van der Waals surface area contributed by atoms with E-state index < -0.39 is 59.1 Å². The van der Waals surface area contributed by atoms with Gasteiger partial charge in [0.2, 0.25) is 23.6 Å². The number of rotatable bonds is 5. The molecule has 13 heteroatoms. The molecule has 5 fully saturated rings. The summed E-state index contributed by atoms with van der Waals surface area (Å²) in [6, 6.07) is 6.05. The normalized spacial score (nSPS) is 33.5. The van der Waals surface area contributed by atoms with Gasteiger partial charge in [-0.15, -0.1) is 0 Å². The number of nitrogens with zero attached hydrogens (tertiary/aromatic N) is 2. The molecule has 8 rings (SSSR count). The van der Waals surface area contributed by atoms with Gasteiger partial charge in [0.1, 0.15) is 24.3 Å². The lowest BCUT2D eigenvalue weighted by Crippen LogP contribution is -2.55. The monoisotopic (exact) mass is 715 g/mol. The van der Waals surface area contributed by atoms with E-state index in [4.69, 9.17) is 9.47 Å². The van der Waals surface area contributed by atoms with Gasteiger partial charge < -0.3 is 29.9 Å². The molecule has 0 radical (unpaired) electrons. The van der Waals surface area contributed by atoms with E-state index in [0.29, 0.717) is 38.8 Å². The summed E-state index contributed by atoms with van der Waals surface area (Å²) in [5, 5.41) is 8.54. The first-order chi connectivity index (χ1) is 25.2. The van der Waals surface area contributed by atoms with E-state index in [1.54, 1.807) is 4.90 Å². The number of alkyl carbamates (subject to hydrolysis) is 1. The van der Waals surface area contributed by atoms with Gasteiger partial charge in [-0.05, 0) is 81.8 Å². The Bertz CT molecular complexity index is 1670. The number of nitrogens with one attached hydrogen (secondary N) is 3. The fourth-order valence-electron chi connectivity index (χ4n) is 9.17. The molecule has 1 saturated heterocycles.